The Hall–Kier alpha value is -3.42. The third kappa shape index (κ3) is 6.59. The molecule has 0 saturated heterocycles. The Morgan fingerprint density at radius 1 is 1.03 bits per heavy atom. The molecule has 0 aromatic heterocycles. The molecule has 1 atom stereocenters. The van der Waals surface area contributed by atoms with E-state index in [1.807, 2.05) is 49.4 Å². The number of carbonyl (C=O) groups is 2. The van der Waals surface area contributed by atoms with Gasteiger partial charge in [0.05, 0.1) is 12.1 Å². The fourth-order valence-electron chi connectivity index (χ4n) is 3.56. The molecule has 35 heavy (non-hydrogen) atoms. The summed E-state index contributed by atoms with van der Waals surface area (Å²) in [6.45, 7) is 1.88. The van der Waals surface area contributed by atoms with Crippen molar-refractivity contribution in [2.75, 3.05) is 18.7 Å². The average molecular weight is 512 g/mol. The Bertz CT molecular complexity index is 1380. The second-order valence-corrected chi connectivity index (χ2v) is 10.7. The van der Waals surface area contributed by atoms with Crippen molar-refractivity contribution in [3.05, 3.63) is 100 Å². The summed E-state index contributed by atoms with van der Waals surface area (Å²) in [4.78, 5) is 24.8. The van der Waals surface area contributed by atoms with E-state index in [4.69, 9.17) is 11.6 Å². The van der Waals surface area contributed by atoms with Crippen LogP contribution in [0, 0.1) is 6.92 Å². The lowest BCUT2D eigenvalue weighted by molar-refractivity contribution is -0.140. The van der Waals surface area contributed by atoms with Crippen molar-refractivity contribution in [1.29, 1.82) is 0 Å². The third-order valence-electron chi connectivity index (χ3n) is 5.47. The number of benzene rings is 3. The number of ether oxygens (including phenoxy) is 1. The van der Waals surface area contributed by atoms with Gasteiger partial charge >= 0.3 is 5.97 Å². The minimum Gasteiger partial charge on any atom is -0.468 e. The third-order valence-corrected chi connectivity index (χ3v) is 7.20. The summed E-state index contributed by atoms with van der Waals surface area (Å²) < 4.78 is 28.4. The van der Waals surface area contributed by atoms with Gasteiger partial charge in [-0.3, -0.25) is 9.59 Å². The molecule has 0 amide bonds. The molecule has 3 aromatic rings. The predicted molar refractivity (Wildman–Crippen MR) is 140 cm³/mol. The van der Waals surface area contributed by atoms with Gasteiger partial charge in [0.25, 0.3) is 0 Å². The van der Waals surface area contributed by atoms with Gasteiger partial charge < -0.3 is 10.1 Å². The molecule has 1 N–H and O–H groups in total. The van der Waals surface area contributed by atoms with Crippen molar-refractivity contribution in [2.45, 2.75) is 18.6 Å². The number of sulfone groups is 1. The van der Waals surface area contributed by atoms with Crippen LogP contribution < -0.4 is 5.32 Å². The molecule has 0 radical (unpaired) electrons. The normalized spacial score (nSPS) is 12.3. The van der Waals surface area contributed by atoms with E-state index < -0.39 is 21.1 Å². The van der Waals surface area contributed by atoms with Crippen LogP contribution in [0.15, 0.2) is 72.8 Å². The van der Waals surface area contributed by atoms with Gasteiger partial charge in [-0.15, -0.1) is 0 Å². The largest absolute Gasteiger partial charge is 0.468 e. The highest BCUT2D eigenvalue weighted by Gasteiger charge is 2.28. The Morgan fingerprint density at radius 3 is 2.37 bits per heavy atom. The monoisotopic (exact) mass is 511 g/mol. The molecule has 182 valence electrons. The molecule has 0 aliphatic carbocycles. The van der Waals surface area contributed by atoms with Gasteiger partial charge in [0.1, 0.15) is 0 Å². The zero-order valence-corrected chi connectivity index (χ0v) is 21.2. The van der Waals surface area contributed by atoms with Crippen LogP contribution in [-0.2, 0) is 19.4 Å². The number of hydrogen-bond donors (Lipinski definition) is 1. The van der Waals surface area contributed by atoms with E-state index in [1.54, 1.807) is 36.4 Å². The average Bonchev–Trinajstić information content (AvgIpc) is 2.81. The van der Waals surface area contributed by atoms with Crippen molar-refractivity contribution in [3.63, 3.8) is 0 Å². The number of halogens is 1. The van der Waals surface area contributed by atoms with Crippen LogP contribution in [0.5, 0.6) is 0 Å². The lowest BCUT2D eigenvalue weighted by Crippen LogP contribution is -2.30. The molecular formula is C27H26ClNO5S. The minimum atomic E-state index is -3.61. The molecule has 8 heteroatoms. The fourth-order valence-corrected chi connectivity index (χ4v) is 4.73. The fraction of sp³-hybridized carbons (Fsp3) is 0.185. The van der Waals surface area contributed by atoms with Gasteiger partial charge in [0.2, 0.25) is 0 Å². The first kappa shape index (κ1) is 26.2. The number of carbonyl (C=O) groups excluding carboxylic acids is 2. The topological polar surface area (TPSA) is 89.5 Å². The maximum atomic E-state index is 12.9. The van der Waals surface area contributed by atoms with Crippen LogP contribution in [0.4, 0.5) is 11.4 Å². The summed E-state index contributed by atoms with van der Waals surface area (Å²) in [7, 11) is -2.45. The smallest absolute Gasteiger partial charge is 0.324 e. The molecule has 0 bridgehead atoms. The summed E-state index contributed by atoms with van der Waals surface area (Å²) >= 11 is 6.46. The molecule has 6 nitrogen and oxygen atoms in total. The second kappa shape index (κ2) is 11.3. The van der Waals surface area contributed by atoms with Crippen LogP contribution in [-0.4, -0.2) is 38.8 Å². The maximum absolute atomic E-state index is 12.9. The quantitative estimate of drug-likeness (QED) is 0.296. The molecular weight excluding hydrogens is 486 g/mol. The minimum absolute atomic E-state index is 0.0125. The molecule has 3 rings (SSSR count). The van der Waals surface area contributed by atoms with E-state index in [-0.39, 0.29) is 12.2 Å². The first-order valence-corrected chi connectivity index (χ1v) is 13.1. The molecule has 0 aliphatic heterocycles. The molecule has 0 spiro atoms. The van der Waals surface area contributed by atoms with Crippen LogP contribution in [0.3, 0.4) is 0 Å². The van der Waals surface area contributed by atoms with Gasteiger partial charge in [-0.25, -0.2) is 8.42 Å². The number of nitrogens with one attached hydrogen (secondary N) is 1. The number of allylic oxidation sites excluding steroid dienone is 1. The van der Waals surface area contributed by atoms with Crippen LogP contribution in [0.1, 0.15) is 33.5 Å². The number of rotatable bonds is 9. The van der Waals surface area contributed by atoms with E-state index in [0.717, 1.165) is 30.2 Å². The second-order valence-electron chi connectivity index (χ2n) is 8.03. The van der Waals surface area contributed by atoms with E-state index in [9.17, 15) is 18.0 Å². The zero-order chi connectivity index (χ0) is 25.6. The number of anilines is 2. The molecule has 0 heterocycles. The van der Waals surface area contributed by atoms with Gasteiger partial charge in [0.15, 0.2) is 20.9 Å². The predicted octanol–water partition coefficient (Wildman–Crippen LogP) is 5.61. The van der Waals surface area contributed by atoms with Gasteiger partial charge in [-0.05, 0) is 48.7 Å². The Kier molecular flexibility index (Phi) is 8.48. The summed E-state index contributed by atoms with van der Waals surface area (Å²) in [5.74, 6) is -0.937. The Morgan fingerprint density at radius 2 is 1.71 bits per heavy atom. The van der Waals surface area contributed by atoms with E-state index >= 15 is 0 Å². The standard InChI is InChI=1S/C27H26ClNO5S/c1-18-9-4-6-12-21(18)26(30)22-16-15-20(17-23(22)28)29-24-13-7-5-10-19(24)11-8-14-25(27(31)34-2)35(3,32)33/h4-13,15-17,25,29H,14H2,1-3H3/b11-8+. The highest BCUT2D eigenvalue weighted by atomic mass is 35.5. The Labute approximate surface area is 210 Å². The van der Waals surface area contributed by atoms with E-state index in [2.05, 4.69) is 10.1 Å². The molecule has 3 aromatic carbocycles. The number of esters is 1. The van der Waals surface area contributed by atoms with Crippen LogP contribution >= 0.6 is 11.6 Å². The van der Waals surface area contributed by atoms with Crippen molar-refractivity contribution in [2.24, 2.45) is 0 Å². The maximum Gasteiger partial charge on any atom is 0.324 e. The SMILES string of the molecule is COC(=O)C(C/C=C/c1ccccc1Nc1ccc(C(=O)c2ccccc2C)c(Cl)c1)S(C)(=O)=O. The molecule has 0 fully saturated rings. The first-order chi connectivity index (χ1) is 16.6. The number of hydrogen-bond acceptors (Lipinski definition) is 6. The van der Waals surface area contributed by atoms with Crippen molar-refractivity contribution in [3.8, 4) is 0 Å². The summed E-state index contributed by atoms with van der Waals surface area (Å²) in [6.07, 6.45) is 4.36. The molecule has 0 saturated carbocycles. The highest BCUT2D eigenvalue weighted by molar-refractivity contribution is 7.92. The van der Waals surface area contributed by atoms with Gasteiger partial charge in [-0.1, -0.05) is 66.2 Å². The summed E-state index contributed by atoms with van der Waals surface area (Å²) in [5, 5.41) is 2.34. The van der Waals surface area contributed by atoms with Crippen molar-refractivity contribution >= 4 is 50.6 Å². The van der Waals surface area contributed by atoms with Gasteiger partial charge in [0, 0.05) is 28.8 Å². The van der Waals surface area contributed by atoms with Crippen LogP contribution in [0.2, 0.25) is 5.02 Å². The molecule has 1 unspecified atom stereocenters. The zero-order valence-electron chi connectivity index (χ0n) is 19.6. The number of ketones is 1. The van der Waals surface area contributed by atoms with E-state index in [1.165, 1.54) is 0 Å². The molecule has 0 aliphatic rings. The van der Waals surface area contributed by atoms with Crippen LogP contribution in [0.25, 0.3) is 6.08 Å². The Balaban J connectivity index is 1.80. The summed E-state index contributed by atoms with van der Waals surface area (Å²) in [5.41, 5.74) is 4.09. The van der Waals surface area contributed by atoms with E-state index in [0.29, 0.717) is 21.8 Å². The highest BCUT2D eigenvalue weighted by Crippen LogP contribution is 2.28. The number of aryl methyl sites for hydroxylation is 1. The first-order valence-electron chi connectivity index (χ1n) is 10.8. The van der Waals surface area contributed by atoms with Crippen molar-refractivity contribution in [1.82, 2.24) is 0 Å². The lowest BCUT2D eigenvalue weighted by atomic mass is 9.99. The number of methoxy groups -OCH3 is 1. The van der Waals surface area contributed by atoms with Gasteiger partial charge in [-0.2, -0.15) is 0 Å². The van der Waals surface area contributed by atoms with Crippen molar-refractivity contribution < 1.29 is 22.7 Å². The number of para-hydroxylation sites is 1. The summed E-state index contributed by atoms with van der Waals surface area (Å²) in [6, 6.07) is 19.9. The lowest BCUT2D eigenvalue weighted by Gasteiger charge is -2.13.